The highest BCUT2D eigenvalue weighted by Crippen LogP contribution is 2.24. The molecule has 23 heavy (non-hydrogen) atoms. The number of aryl methyl sites for hydroxylation is 1. The van der Waals surface area contributed by atoms with Crippen LogP contribution in [0.2, 0.25) is 0 Å². The number of benzene rings is 1. The summed E-state index contributed by atoms with van der Waals surface area (Å²) in [7, 11) is 0. The van der Waals surface area contributed by atoms with Gasteiger partial charge in [0.15, 0.2) is 5.13 Å². The number of carbonyl (C=O) groups is 1. The average molecular weight is 335 g/mol. The van der Waals surface area contributed by atoms with Crippen molar-refractivity contribution in [1.29, 1.82) is 0 Å². The largest absolute Gasteiger partial charge is 0.319 e. The standard InChI is InChI=1S/C17H22FN3OS/c1-10-5-6-11(8-13(10)18)7-12-9-20-16(23-12)21-15(22)14(19)17(2,3)4/h5-6,8-9,14H,7,19H2,1-4H3,(H,20,21,22)/t14-/m1/s1. The van der Waals surface area contributed by atoms with Crippen LogP contribution in [0.4, 0.5) is 9.52 Å². The van der Waals surface area contributed by atoms with E-state index in [1.807, 2.05) is 26.8 Å². The Bertz CT molecular complexity index is 706. The molecule has 1 atom stereocenters. The summed E-state index contributed by atoms with van der Waals surface area (Å²) in [6.07, 6.45) is 2.27. The predicted molar refractivity (Wildman–Crippen MR) is 92.1 cm³/mol. The zero-order valence-electron chi connectivity index (χ0n) is 13.8. The van der Waals surface area contributed by atoms with Crippen LogP contribution in [0.3, 0.4) is 0 Å². The molecule has 0 bridgehead atoms. The maximum atomic E-state index is 13.6. The van der Waals surface area contributed by atoms with Gasteiger partial charge in [-0.3, -0.25) is 4.79 Å². The van der Waals surface area contributed by atoms with Crippen molar-refractivity contribution in [2.24, 2.45) is 11.1 Å². The SMILES string of the molecule is Cc1ccc(Cc2cnc(NC(=O)[C@@H](N)C(C)(C)C)s2)cc1F. The van der Waals surface area contributed by atoms with Crippen molar-refractivity contribution in [3.63, 3.8) is 0 Å². The molecule has 0 aliphatic heterocycles. The number of thiazole rings is 1. The molecular formula is C17H22FN3OS. The fraction of sp³-hybridized carbons (Fsp3) is 0.412. The molecule has 0 aliphatic rings. The maximum absolute atomic E-state index is 13.6. The number of nitrogens with one attached hydrogen (secondary N) is 1. The van der Waals surface area contributed by atoms with Crippen LogP contribution < -0.4 is 11.1 Å². The van der Waals surface area contributed by atoms with Crippen molar-refractivity contribution < 1.29 is 9.18 Å². The molecule has 0 saturated heterocycles. The molecule has 1 amide bonds. The Morgan fingerprint density at radius 3 is 2.74 bits per heavy atom. The number of carbonyl (C=O) groups excluding carboxylic acids is 1. The second-order valence-electron chi connectivity index (χ2n) is 6.72. The van der Waals surface area contributed by atoms with Gasteiger partial charge in [0.05, 0.1) is 6.04 Å². The van der Waals surface area contributed by atoms with Crippen LogP contribution in [0.1, 0.15) is 36.8 Å². The normalized spacial score (nSPS) is 13.0. The van der Waals surface area contributed by atoms with E-state index >= 15 is 0 Å². The second kappa shape index (κ2) is 6.76. The van der Waals surface area contributed by atoms with Gasteiger partial charge in [-0.05, 0) is 29.5 Å². The molecule has 6 heteroatoms. The summed E-state index contributed by atoms with van der Waals surface area (Å²) in [5.41, 5.74) is 7.11. The molecular weight excluding hydrogens is 313 g/mol. The lowest BCUT2D eigenvalue weighted by Gasteiger charge is -2.25. The van der Waals surface area contributed by atoms with Gasteiger partial charge in [0.1, 0.15) is 5.82 Å². The number of nitrogens with zero attached hydrogens (tertiary/aromatic N) is 1. The van der Waals surface area contributed by atoms with Crippen LogP contribution >= 0.6 is 11.3 Å². The molecule has 4 nitrogen and oxygen atoms in total. The van der Waals surface area contributed by atoms with E-state index in [2.05, 4.69) is 10.3 Å². The Morgan fingerprint density at radius 1 is 1.43 bits per heavy atom. The third kappa shape index (κ3) is 4.59. The van der Waals surface area contributed by atoms with Gasteiger partial charge in [0.25, 0.3) is 0 Å². The van der Waals surface area contributed by atoms with E-state index in [1.54, 1.807) is 19.2 Å². The maximum Gasteiger partial charge on any atom is 0.243 e. The first-order chi connectivity index (χ1) is 10.7. The quantitative estimate of drug-likeness (QED) is 0.898. The first-order valence-corrected chi connectivity index (χ1v) is 8.24. The van der Waals surface area contributed by atoms with Gasteiger partial charge in [-0.1, -0.05) is 32.9 Å². The highest BCUT2D eigenvalue weighted by molar-refractivity contribution is 7.15. The van der Waals surface area contributed by atoms with Crippen molar-refractivity contribution in [3.05, 3.63) is 46.2 Å². The lowest BCUT2D eigenvalue weighted by Crippen LogP contribution is -2.45. The fourth-order valence-electron chi connectivity index (χ4n) is 1.97. The molecule has 0 aliphatic carbocycles. The number of hydrogen-bond donors (Lipinski definition) is 2. The van der Waals surface area contributed by atoms with Crippen molar-refractivity contribution in [3.8, 4) is 0 Å². The molecule has 3 N–H and O–H groups in total. The van der Waals surface area contributed by atoms with Gasteiger partial charge < -0.3 is 11.1 Å². The minimum absolute atomic E-state index is 0.211. The van der Waals surface area contributed by atoms with E-state index < -0.39 is 6.04 Å². The second-order valence-corrected chi connectivity index (χ2v) is 7.84. The molecule has 2 rings (SSSR count). The molecule has 1 aromatic heterocycles. The highest BCUT2D eigenvalue weighted by Gasteiger charge is 2.27. The van der Waals surface area contributed by atoms with Gasteiger partial charge in [0, 0.05) is 17.5 Å². The van der Waals surface area contributed by atoms with Crippen LogP contribution in [0.25, 0.3) is 0 Å². The Kier molecular flexibility index (Phi) is 5.16. The number of hydrogen-bond acceptors (Lipinski definition) is 4. The topological polar surface area (TPSA) is 68.0 Å². The van der Waals surface area contributed by atoms with E-state index in [1.165, 1.54) is 17.4 Å². The minimum atomic E-state index is -0.610. The first-order valence-electron chi connectivity index (χ1n) is 7.43. The Morgan fingerprint density at radius 2 is 2.13 bits per heavy atom. The van der Waals surface area contributed by atoms with Gasteiger partial charge in [-0.15, -0.1) is 11.3 Å². The summed E-state index contributed by atoms with van der Waals surface area (Å²) in [4.78, 5) is 17.2. The molecule has 0 saturated carbocycles. The summed E-state index contributed by atoms with van der Waals surface area (Å²) in [6.45, 7) is 7.47. The van der Waals surface area contributed by atoms with Crippen LogP contribution in [0.5, 0.6) is 0 Å². The molecule has 1 heterocycles. The van der Waals surface area contributed by atoms with Crippen LogP contribution in [-0.2, 0) is 11.2 Å². The Balaban J connectivity index is 2.03. The molecule has 0 spiro atoms. The Labute approximate surface area is 139 Å². The molecule has 124 valence electrons. The van der Waals surface area contributed by atoms with E-state index in [0.29, 0.717) is 17.1 Å². The van der Waals surface area contributed by atoms with Gasteiger partial charge in [-0.25, -0.2) is 9.37 Å². The van der Waals surface area contributed by atoms with Crippen molar-refractivity contribution in [2.45, 2.75) is 40.2 Å². The summed E-state index contributed by atoms with van der Waals surface area (Å²) < 4.78 is 13.6. The number of anilines is 1. The summed E-state index contributed by atoms with van der Waals surface area (Å²) in [5.74, 6) is -0.462. The number of rotatable bonds is 4. The number of amides is 1. The first kappa shape index (κ1) is 17.6. The molecule has 0 fully saturated rings. The monoisotopic (exact) mass is 335 g/mol. The van der Waals surface area contributed by atoms with Crippen molar-refractivity contribution >= 4 is 22.4 Å². The third-order valence-electron chi connectivity index (χ3n) is 3.61. The molecule has 0 radical (unpaired) electrons. The zero-order valence-corrected chi connectivity index (χ0v) is 14.6. The lowest BCUT2D eigenvalue weighted by molar-refractivity contribution is -0.119. The number of halogens is 1. The molecule has 1 aromatic carbocycles. The zero-order chi connectivity index (χ0) is 17.2. The number of aromatic nitrogens is 1. The Hall–Kier alpha value is -1.79. The molecule has 2 aromatic rings. The number of nitrogens with two attached hydrogens (primary N) is 1. The minimum Gasteiger partial charge on any atom is -0.319 e. The van der Waals surface area contributed by atoms with E-state index in [0.717, 1.165) is 10.4 Å². The fourth-order valence-corrected chi connectivity index (χ4v) is 2.82. The summed E-state index contributed by atoms with van der Waals surface area (Å²) >= 11 is 1.37. The van der Waals surface area contributed by atoms with Crippen LogP contribution in [0.15, 0.2) is 24.4 Å². The summed E-state index contributed by atoms with van der Waals surface area (Å²) in [5, 5.41) is 3.26. The van der Waals surface area contributed by atoms with Crippen LogP contribution in [-0.4, -0.2) is 16.9 Å². The summed E-state index contributed by atoms with van der Waals surface area (Å²) in [6, 6.07) is 4.58. The van der Waals surface area contributed by atoms with E-state index in [9.17, 15) is 9.18 Å². The smallest absolute Gasteiger partial charge is 0.243 e. The van der Waals surface area contributed by atoms with Gasteiger partial charge >= 0.3 is 0 Å². The van der Waals surface area contributed by atoms with Crippen LogP contribution in [0, 0.1) is 18.2 Å². The average Bonchev–Trinajstić information content (AvgIpc) is 2.88. The van der Waals surface area contributed by atoms with Crippen molar-refractivity contribution in [2.75, 3.05) is 5.32 Å². The highest BCUT2D eigenvalue weighted by atomic mass is 32.1. The molecule has 0 unspecified atom stereocenters. The lowest BCUT2D eigenvalue weighted by atomic mass is 9.87. The van der Waals surface area contributed by atoms with Gasteiger partial charge in [0.2, 0.25) is 5.91 Å². The third-order valence-corrected chi connectivity index (χ3v) is 4.53. The van der Waals surface area contributed by atoms with Gasteiger partial charge in [-0.2, -0.15) is 0 Å². The predicted octanol–water partition coefficient (Wildman–Crippen LogP) is 3.49. The van der Waals surface area contributed by atoms with Crippen molar-refractivity contribution in [1.82, 2.24) is 4.98 Å². The van der Waals surface area contributed by atoms with E-state index in [-0.39, 0.29) is 17.1 Å². The van der Waals surface area contributed by atoms with E-state index in [4.69, 9.17) is 5.73 Å².